The van der Waals surface area contributed by atoms with Crippen LogP contribution in [0.5, 0.6) is 0 Å². The number of carbonyl (C=O) groups excluding carboxylic acids is 1. The van der Waals surface area contributed by atoms with Gasteiger partial charge in [0.05, 0.1) is 12.1 Å². The van der Waals surface area contributed by atoms with Crippen LogP contribution in [0.3, 0.4) is 0 Å². The van der Waals surface area contributed by atoms with Crippen molar-refractivity contribution in [2.24, 2.45) is 5.73 Å². The second-order valence-corrected chi connectivity index (χ2v) is 5.03. The van der Waals surface area contributed by atoms with E-state index in [9.17, 15) is 9.18 Å². The van der Waals surface area contributed by atoms with Crippen molar-refractivity contribution < 1.29 is 9.18 Å². The minimum absolute atomic E-state index is 0.172. The summed E-state index contributed by atoms with van der Waals surface area (Å²) in [6.07, 6.45) is 0. The molecular weight excluding hydrogens is 269 g/mol. The highest BCUT2D eigenvalue weighted by atomic mass is 19.1. The standard InChI is InChI=1S/C16H22FN3O/c1-12(2)20(3)10-9-19-16(21)14-7-6-13(5-4-8-18)15(17)11-14/h6-7,11-12H,8-10,18H2,1-3H3,(H,19,21). The number of benzene rings is 1. The predicted octanol–water partition coefficient (Wildman–Crippen LogP) is 1.21. The van der Waals surface area contributed by atoms with Crippen molar-refractivity contribution in [1.29, 1.82) is 0 Å². The number of nitrogens with one attached hydrogen (secondary N) is 1. The molecule has 0 aliphatic rings. The monoisotopic (exact) mass is 291 g/mol. The number of hydrogen-bond donors (Lipinski definition) is 2. The SMILES string of the molecule is CC(C)N(C)CCNC(=O)c1ccc(C#CCN)c(F)c1. The Kier molecular flexibility index (Phi) is 6.86. The molecule has 0 aliphatic heterocycles. The lowest BCUT2D eigenvalue weighted by atomic mass is 10.1. The van der Waals surface area contributed by atoms with Crippen LogP contribution in [-0.4, -0.2) is 43.5 Å². The molecule has 0 bridgehead atoms. The number of rotatable bonds is 5. The summed E-state index contributed by atoms with van der Waals surface area (Å²) in [6.45, 7) is 5.59. The van der Waals surface area contributed by atoms with E-state index in [1.165, 1.54) is 12.1 Å². The quantitative estimate of drug-likeness (QED) is 0.802. The lowest BCUT2D eigenvalue weighted by molar-refractivity contribution is 0.0947. The van der Waals surface area contributed by atoms with E-state index >= 15 is 0 Å². The second kappa shape index (κ2) is 8.40. The van der Waals surface area contributed by atoms with Gasteiger partial charge in [0.25, 0.3) is 5.91 Å². The van der Waals surface area contributed by atoms with E-state index in [4.69, 9.17) is 5.73 Å². The van der Waals surface area contributed by atoms with Crippen molar-refractivity contribution in [2.45, 2.75) is 19.9 Å². The van der Waals surface area contributed by atoms with E-state index in [-0.39, 0.29) is 23.6 Å². The molecule has 0 fully saturated rings. The minimum Gasteiger partial charge on any atom is -0.351 e. The topological polar surface area (TPSA) is 58.4 Å². The van der Waals surface area contributed by atoms with Gasteiger partial charge in [-0.3, -0.25) is 4.79 Å². The average Bonchev–Trinajstić information content (AvgIpc) is 2.45. The van der Waals surface area contributed by atoms with Crippen LogP contribution in [0, 0.1) is 17.7 Å². The van der Waals surface area contributed by atoms with Crippen molar-refractivity contribution >= 4 is 5.91 Å². The second-order valence-electron chi connectivity index (χ2n) is 5.03. The maximum atomic E-state index is 13.8. The van der Waals surface area contributed by atoms with Crippen LogP contribution in [0.25, 0.3) is 0 Å². The van der Waals surface area contributed by atoms with E-state index in [1.54, 1.807) is 6.07 Å². The van der Waals surface area contributed by atoms with Crippen LogP contribution in [0.1, 0.15) is 29.8 Å². The highest BCUT2D eigenvalue weighted by Crippen LogP contribution is 2.09. The van der Waals surface area contributed by atoms with Crippen LogP contribution >= 0.6 is 0 Å². The lowest BCUT2D eigenvalue weighted by Gasteiger charge is -2.20. The molecule has 0 spiro atoms. The highest BCUT2D eigenvalue weighted by molar-refractivity contribution is 5.94. The Balaban J connectivity index is 2.61. The third kappa shape index (κ3) is 5.54. The van der Waals surface area contributed by atoms with Crippen LogP contribution < -0.4 is 11.1 Å². The van der Waals surface area contributed by atoms with Gasteiger partial charge in [0.2, 0.25) is 0 Å². The maximum absolute atomic E-state index is 13.8. The van der Waals surface area contributed by atoms with Crippen molar-refractivity contribution in [3.8, 4) is 11.8 Å². The van der Waals surface area contributed by atoms with Crippen LogP contribution in [-0.2, 0) is 0 Å². The lowest BCUT2D eigenvalue weighted by Crippen LogP contribution is -2.36. The predicted molar refractivity (Wildman–Crippen MR) is 82.4 cm³/mol. The van der Waals surface area contributed by atoms with Crippen molar-refractivity contribution in [1.82, 2.24) is 10.2 Å². The third-order valence-electron chi connectivity index (χ3n) is 3.19. The molecule has 0 atom stereocenters. The van der Waals surface area contributed by atoms with Gasteiger partial charge in [-0.05, 0) is 39.1 Å². The summed E-state index contributed by atoms with van der Waals surface area (Å²) >= 11 is 0. The Bertz CT molecular complexity index is 546. The molecule has 1 aromatic rings. The fourth-order valence-electron chi connectivity index (χ4n) is 1.61. The summed E-state index contributed by atoms with van der Waals surface area (Å²) < 4.78 is 13.8. The van der Waals surface area contributed by atoms with Gasteiger partial charge in [-0.15, -0.1) is 0 Å². The molecule has 0 unspecified atom stereocenters. The Labute approximate surface area is 125 Å². The van der Waals surface area contributed by atoms with Gasteiger partial charge in [0.1, 0.15) is 5.82 Å². The summed E-state index contributed by atoms with van der Waals surface area (Å²) in [7, 11) is 1.99. The van der Waals surface area contributed by atoms with E-state index in [0.717, 1.165) is 6.54 Å². The van der Waals surface area contributed by atoms with Gasteiger partial charge in [-0.2, -0.15) is 0 Å². The number of nitrogens with two attached hydrogens (primary N) is 1. The molecule has 1 aromatic carbocycles. The Hall–Kier alpha value is -1.90. The average molecular weight is 291 g/mol. The summed E-state index contributed by atoms with van der Waals surface area (Å²) in [5, 5.41) is 2.77. The molecule has 21 heavy (non-hydrogen) atoms. The molecule has 1 rings (SSSR count). The smallest absolute Gasteiger partial charge is 0.251 e. The molecule has 1 amide bonds. The Morgan fingerprint density at radius 1 is 1.48 bits per heavy atom. The molecule has 4 nitrogen and oxygen atoms in total. The zero-order valence-corrected chi connectivity index (χ0v) is 12.7. The van der Waals surface area contributed by atoms with Gasteiger partial charge < -0.3 is 16.0 Å². The molecule has 0 aromatic heterocycles. The number of hydrogen-bond acceptors (Lipinski definition) is 3. The molecule has 0 heterocycles. The molecule has 3 N–H and O–H groups in total. The Morgan fingerprint density at radius 3 is 2.76 bits per heavy atom. The first-order chi connectivity index (χ1) is 9.95. The number of amides is 1. The first-order valence-electron chi connectivity index (χ1n) is 6.92. The number of likely N-dealkylation sites (N-methyl/N-ethyl adjacent to an activating group) is 1. The number of carbonyl (C=O) groups is 1. The zero-order valence-electron chi connectivity index (χ0n) is 12.7. The normalized spacial score (nSPS) is 10.4. The largest absolute Gasteiger partial charge is 0.351 e. The summed E-state index contributed by atoms with van der Waals surface area (Å²) in [5.74, 6) is 4.41. The van der Waals surface area contributed by atoms with E-state index < -0.39 is 5.82 Å². The fraction of sp³-hybridized carbons (Fsp3) is 0.438. The van der Waals surface area contributed by atoms with Crippen molar-refractivity contribution in [3.63, 3.8) is 0 Å². The van der Waals surface area contributed by atoms with Gasteiger partial charge in [-0.25, -0.2) is 4.39 Å². The molecule has 5 heteroatoms. The van der Waals surface area contributed by atoms with E-state index in [0.29, 0.717) is 12.6 Å². The third-order valence-corrected chi connectivity index (χ3v) is 3.19. The maximum Gasteiger partial charge on any atom is 0.251 e. The molecule has 0 radical (unpaired) electrons. The van der Waals surface area contributed by atoms with Crippen LogP contribution in [0.4, 0.5) is 4.39 Å². The van der Waals surface area contributed by atoms with Gasteiger partial charge in [0, 0.05) is 24.7 Å². The van der Waals surface area contributed by atoms with Crippen LogP contribution in [0.15, 0.2) is 18.2 Å². The highest BCUT2D eigenvalue weighted by Gasteiger charge is 2.09. The molecule has 0 saturated carbocycles. The zero-order chi connectivity index (χ0) is 15.8. The molecule has 114 valence electrons. The van der Waals surface area contributed by atoms with E-state index in [1.807, 2.05) is 7.05 Å². The molecular formula is C16H22FN3O. The van der Waals surface area contributed by atoms with Gasteiger partial charge in [-0.1, -0.05) is 11.8 Å². The Morgan fingerprint density at radius 2 is 2.19 bits per heavy atom. The first kappa shape index (κ1) is 17.2. The van der Waals surface area contributed by atoms with Crippen LogP contribution in [0.2, 0.25) is 0 Å². The molecule has 0 aliphatic carbocycles. The number of nitrogens with zero attached hydrogens (tertiary/aromatic N) is 1. The summed E-state index contributed by atoms with van der Waals surface area (Å²) in [4.78, 5) is 14.0. The minimum atomic E-state index is -0.511. The van der Waals surface area contributed by atoms with Crippen molar-refractivity contribution in [2.75, 3.05) is 26.7 Å². The summed E-state index contributed by atoms with van der Waals surface area (Å²) in [6, 6.07) is 4.67. The summed E-state index contributed by atoms with van der Waals surface area (Å²) in [5.41, 5.74) is 5.78. The molecule has 0 saturated heterocycles. The van der Waals surface area contributed by atoms with Gasteiger partial charge in [0.15, 0.2) is 0 Å². The van der Waals surface area contributed by atoms with E-state index in [2.05, 4.69) is 35.9 Å². The first-order valence-corrected chi connectivity index (χ1v) is 6.92. The number of halogens is 1. The fourth-order valence-corrected chi connectivity index (χ4v) is 1.61. The van der Waals surface area contributed by atoms with Crippen molar-refractivity contribution in [3.05, 3.63) is 35.1 Å². The van der Waals surface area contributed by atoms with Gasteiger partial charge >= 0.3 is 0 Å².